The molecule has 6 nitrogen and oxygen atoms in total. The van der Waals surface area contributed by atoms with Crippen LogP contribution in [0.4, 0.5) is 34.8 Å². The summed E-state index contributed by atoms with van der Waals surface area (Å²) in [6.45, 7) is 5.32. The quantitative estimate of drug-likeness (QED) is 0.576. The molecule has 0 unspecified atom stereocenters. The van der Waals surface area contributed by atoms with E-state index < -0.39 is 17.7 Å². The second-order valence-corrected chi connectivity index (χ2v) is 7.32. The van der Waals surface area contributed by atoms with E-state index in [4.69, 9.17) is 0 Å². The number of nitrogens with zero attached hydrogens (tertiary/aromatic N) is 5. The Kier molecular flexibility index (Phi) is 5.68. The summed E-state index contributed by atoms with van der Waals surface area (Å²) >= 11 is 0. The fourth-order valence-electron chi connectivity index (χ4n) is 3.50. The average molecular weight is 444 g/mol. The zero-order valence-electron chi connectivity index (χ0n) is 17.2. The summed E-state index contributed by atoms with van der Waals surface area (Å²) in [7, 11) is 1.91. The summed E-state index contributed by atoms with van der Waals surface area (Å²) < 4.78 is 53.4. The van der Waals surface area contributed by atoms with Gasteiger partial charge in [0.15, 0.2) is 11.6 Å². The van der Waals surface area contributed by atoms with E-state index >= 15 is 0 Å². The summed E-state index contributed by atoms with van der Waals surface area (Å²) in [6, 6.07) is 7.43. The lowest BCUT2D eigenvalue weighted by Gasteiger charge is -2.27. The van der Waals surface area contributed by atoms with E-state index in [0.29, 0.717) is 29.4 Å². The van der Waals surface area contributed by atoms with Crippen molar-refractivity contribution in [1.82, 2.24) is 15.0 Å². The molecule has 0 atom stereocenters. The third-order valence-corrected chi connectivity index (χ3v) is 5.12. The SMILES string of the molecule is C=C(Nc1ccncc1F)N1CCCN(C)c2ccc(-c3ccnc(C(F)(F)F)c3)nc21. The van der Waals surface area contributed by atoms with Crippen molar-refractivity contribution in [3.05, 3.63) is 72.8 Å². The molecule has 0 saturated heterocycles. The minimum Gasteiger partial charge on any atom is -0.372 e. The molecule has 1 N–H and O–H groups in total. The number of halogens is 4. The number of fused-ring (bicyclic) bond motifs is 1. The highest BCUT2D eigenvalue weighted by molar-refractivity contribution is 5.75. The third kappa shape index (κ3) is 4.34. The van der Waals surface area contributed by atoms with Crippen LogP contribution in [-0.2, 0) is 6.18 Å². The van der Waals surface area contributed by atoms with Crippen LogP contribution in [0.1, 0.15) is 12.1 Å². The van der Waals surface area contributed by atoms with Crippen molar-refractivity contribution in [1.29, 1.82) is 0 Å². The first-order valence-corrected chi connectivity index (χ1v) is 9.83. The van der Waals surface area contributed by atoms with Gasteiger partial charge in [-0.2, -0.15) is 13.2 Å². The number of aromatic nitrogens is 3. The minimum atomic E-state index is -4.55. The van der Waals surface area contributed by atoms with Crippen LogP contribution in [0, 0.1) is 5.82 Å². The summed E-state index contributed by atoms with van der Waals surface area (Å²) in [5.74, 6) is 0.376. The molecule has 4 rings (SSSR count). The van der Waals surface area contributed by atoms with Gasteiger partial charge in [-0.15, -0.1) is 0 Å². The summed E-state index contributed by atoms with van der Waals surface area (Å²) in [5.41, 5.74) is 0.666. The van der Waals surface area contributed by atoms with Gasteiger partial charge in [-0.1, -0.05) is 6.58 Å². The smallest absolute Gasteiger partial charge is 0.372 e. The van der Waals surface area contributed by atoms with Gasteiger partial charge < -0.3 is 15.1 Å². The van der Waals surface area contributed by atoms with Gasteiger partial charge >= 0.3 is 6.18 Å². The molecule has 0 bridgehead atoms. The topological polar surface area (TPSA) is 57.2 Å². The highest BCUT2D eigenvalue weighted by atomic mass is 19.4. The molecule has 1 aliphatic heterocycles. The second-order valence-electron chi connectivity index (χ2n) is 7.32. The van der Waals surface area contributed by atoms with Crippen molar-refractivity contribution in [2.45, 2.75) is 12.6 Å². The van der Waals surface area contributed by atoms with Gasteiger partial charge in [-0.05, 0) is 36.8 Å². The number of anilines is 3. The number of pyridine rings is 3. The van der Waals surface area contributed by atoms with Crippen molar-refractivity contribution in [2.24, 2.45) is 0 Å². The van der Waals surface area contributed by atoms with Crippen LogP contribution in [0.3, 0.4) is 0 Å². The zero-order valence-corrected chi connectivity index (χ0v) is 17.2. The first kappa shape index (κ1) is 21.5. The molecule has 10 heteroatoms. The van der Waals surface area contributed by atoms with Gasteiger partial charge in [0, 0.05) is 38.1 Å². The van der Waals surface area contributed by atoms with E-state index in [9.17, 15) is 17.6 Å². The normalized spacial score (nSPS) is 14.0. The standard InChI is InChI=1S/C22H20F4N6/c1-14(29-18-7-8-27-13-16(18)23)32-11-3-10-31(2)19-5-4-17(30-21(19)32)15-6-9-28-20(12-15)22(24,25)26/h4-9,12-13H,1,3,10-11H2,2H3,(H,27,29). The van der Waals surface area contributed by atoms with Crippen LogP contribution in [0.25, 0.3) is 11.3 Å². The number of alkyl halides is 3. The number of hydrogen-bond acceptors (Lipinski definition) is 6. The molecule has 166 valence electrons. The molecule has 0 spiro atoms. The summed E-state index contributed by atoms with van der Waals surface area (Å²) in [5, 5.41) is 2.95. The Morgan fingerprint density at radius 3 is 2.69 bits per heavy atom. The van der Waals surface area contributed by atoms with Crippen molar-refractivity contribution < 1.29 is 17.6 Å². The number of hydrogen-bond donors (Lipinski definition) is 1. The zero-order chi connectivity index (χ0) is 22.9. The first-order chi connectivity index (χ1) is 15.2. The number of nitrogens with one attached hydrogen (secondary N) is 1. The molecule has 3 aromatic heterocycles. The van der Waals surface area contributed by atoms with Crippen LogP contribution in [0.5, 0.6) is 0 Å². The Morgan fingerprint density at radius 1 is 1.12 bits per heavy atom. The minimum absolute atomic E-state index is 0.212. The predicted octanol–water partition coefficient (Wildman–Crippen LogP) is 4.93. The highest BCUT2D eigenvalue weighted by Crippen LogP contribution is 2.36. The molecule has 0 radical (unpaired) electrons. The molecule has 4 heterocycles. The lowest BCUT2D eigenvalue weighted by molar-refractivity contribution is -0.141. The largest absolute Gasteiger partial charge is 0.433 e. The fourth-order valence-corrected chi connectivity index (χ4v) is 3.50. The fraction of sp³-hybridized carbons (Fsp3) is 0.227. The van der Waals surface area contributed by atoms with Gasteiger partial charge in [-0.3, -0.25) is 9.97 Å². The van der Waals surface area contributed by atoms with Crippen molar-refractivity contribution in [3.8, 4) is 11.3 Å². The Hall–Kier alpha value is -3.69. The van der Waals surface area contributed by atoms with Crippen molar-refractivity contribution in [2.75, 3.05) is 35.3 Å². The van der Waals surface area contributed by atoms with Crippen molar-refractivity contribution in [3.63, 3.8) is 0 Å². The maximum Gasteiger partial charge on any atom is 0.433 e. The van der Waals surface area contributed by atoms with Crippen LogP contribution in [-0.4, -0.2) is 35.1 Å². The summed E-state index contributed by atoms with van der Waals surface area (Å²) in [6.07, 6.45) is -0.114. The molecule has 0 fully saturated rings. The molecule has 0 aliphatic carbocycles. The van der Waals surface area contributed by atoms with E-state index in [0.717, 1.165) is 37.1 Å². The molecule has 0 amide bonds. The highest BCUT2D eigenvalue weighted by Gasteiger charge is 2.32. The van der Waals surface area contributed by atoms with Crippen LogP contribution in [0.2, 0.25) is 0 Å². The number of rotatable bonds is 4. The van der Waals surface area contributed by atoms with Gasteiger partial charge in [0.2, 0.25) is 0 Å². The maximum absolute atomic E-state index is 14.1. The first-order valence-electron chi connectivity index (χ1n) is 9.83. The van der Waals surface area contributed by atoms with E-state index in [1.165, 1.54) is 18.3 Å². The van der Waals surface area contributed by atoms with Crippen LogP contribution >= 0.6 is 0 Å². The van der Waals surface area contributed by atoms with E-state index in [2.05, 4.69) is 26.8 Å². The van der Waals surface area contributed by atoms with E-state index in [-0.39, 0.29) is 5.69 Å². The van der Waals surface area contributed by atoms with Crippen LogP contribution < -0.4 is 15.1 Å². The Bertz CT molecular complexity index is 1150. The molecular formula is C22H20F4N6. The van der Waals surface area contributed by atoms with Gasteiger partial charge in [0.1, 0.15) is 11.5 Å². The average Bonchev–Trinajstić information content (AvgIpc) is 2.93. The van der Waals surface area contributed by atoms with E-state index in [1.54, 1.807) is 11.0 Å². The molecule has 0 saturated carbocycles. The summed E-state index contributed by atoms with van der Waals surface area (Å²) in [4.78, 5) is 15.6. The maximum atomic E-state index is 14.1. The molecule has 32 heavy (non-hydrogen) atoms. The van der Waals surface area contributed by atoms with E-state index in [1.807, 2.05) is 18.0 Å². The van der Waals surface area contributed by atoms with Gasteiger partial charge in [0.05, 0.1) is 23.3 Å². The molecule has 1 aliphatic rings. The Morgan fingerprint density at radius 2 is 1.94 bits per heavy atom. The molecule has 0 aromatic carbocycles. The van der Waals surface area contributed by atoms with Gasteiger partial charge in [0.25, 0.3) is 0 Å². The van der Waals surface area contributed by atoms with Gasteiger partial charge in [-0.25, -0.2) is 9.37 Å². The Balaban J connectivity index is 1.73. The second kappa shape index (κ2) is 8.45. The van der Waals surface area contributed by atoms with Crippen LogP contribution in [0.15, 0.2) is 61.3 Å². The monoisotopic (exact) mass is 444 g/mol. The molecular weight excluding hydrogens is 424 g/mol. The third-order valence-electron chi connectivity index (χ3n) is 5.12. The molecule has 3 aromatic rings. The predicted molar refractivity (Wildman–Crippen MR) is 115 cm³/mol. The lowest BCUT2D eigenvalue weighted by Crippen LogP contribution is -2.28. The van der Waals surface area contributed by atoms with Crippen molar-refractivity contribution >= 4 is 17.2 Å². The Labute approximate surface area is 182 Å². The lowest BCUT2D eigenvalue weighted by atomic mass is 10.1.